The van der Waals surface area contributed by atoms with Crippen molar-refractivity contribution in [2.45, 2.75) is 63.6 Å². The number of anilines is 3. The molecule has 2 bridgehead atoms. The highest BCUT2D eigenvalue weighted by molar-refractivity contribution is 7.23. The van der Waals surface area contributed by atoms with Gasteiger partial charge in [-0.25, -0.2) is 13.8 Å². The number of rotatable bonds is 6. The largest absolute Gasteiger partial charge is 0.392 e. The predicted octanol–water partition coefficient (Wildman–Crippen LogP) is 3.84. The van der Waals surface area contributed by atoms with Gasteiger partial charge in [0.15, 0.2) is 11.6 Å². The maximum Gasteiger partial charge on any atom is 0.228 e. The predicted molar refractivity (Wildman–Crippen MR) is 177 cm³/mol. The third-order valence-corrected chi connectivity index (χ3v) is 11.3. The van der Waals surface area contributed by atoms with Crippen molar-refractivity contribution in [2.75, 3.05) is 62.4 Å². The van der Waals surface area contributed by atoms with Gasteiger partial charge in [0.2, 0.25) is 5.95 Å². The summed E-state index contributed by atoms with van der Waals surface area (Å²) in [5.41, 5.74) is 8.12. The van der Waals surface area contributed by atoms with Crippen LogP contribution < -0.4 is 15.5 Å². The number of ether oxygens (including phenoxy) is 1. The van der Waals surface area contributed by atoms with Crippen LogP contribution in [0.3, 0.4) is 0 Å². The van der Waals surface area contributed by atoms with Gasteiger partial charge < -0.3 is 30.3 Å². The highest BCUT2D eigenvalue weighted by Gasteiger charge is 2.43. The van der Waals surface area contributed by atoms with Gasteiger partial charge in [0.1, 0.15) is 22.4 Å². The Bertz CT molecular complexity index is 1950. The zero-order valence-corrected chi connectivity index (χ0v) is 27.4. The first-order valence-electron chi connectivity index (χ1n) is 16.1. The molecule has 4 aliphatic rings. The van der Waals surface area contributed by atoms with Gasteiger partial charge in [-0.1, -0.05) is 0 Å². The second kappa shape index (κ2) is 11.5. The van der Waals surface area contributed by atoms with Gasteiger partial charge in [0.25, 0.3) is 0 Å². The van der Waals surface area contributed by atoms with Crippen LogP contribution in [0.5, 0.6) is 0 Å². The Morgan fingerprint density at radius 3 is 2.55 bits per heavy atom. The molecule has 8 rings (SSSR count). The number of β-amino-alcohol motifs (C(OH)–C–C–N with tert-alkyl or cyclic N) is 1. The third kappa shape index (κ3) is 4.82. The van der Waals surface area contributed by atoms with Crippen LogP contribution in [0.4, 0.5) is 25.5 Å². The normalized spacial score (nSPS) is 23.4. The number of halogens is 2. The van der Waals surface area contributed by atoms with Crippen molar-refractivity contribution in [3.63, 3.8) is 0 Å². The Morgan fingerprint density at radius 1 is 1.13 bits per heavy atom. The highest BCUT2D eigenvalue weighted by Crippen LogP contribution is 2.48. The molecular weight excluding hydrogens is 624 g/mol. The molecule has 0 spiro atoms. The summed E-state index contributed by atoms with van der Waals surface area (Å²) in [6, 6.07) is 2.70. The Morgan fingerprint density at radius 2 is 1.87 bits per heavy atom. The lowest BCUT2D eigenvalue weighted by atomic mass is 9.93. The van der Waals surface area contributed by atoms with Gasteiger partial charge in [-0.3, -0.25) is 9.88 Å². The highest BCUT2D eigenvalue weighted by atomic mass is 32.1. The van der Waals surface area contributed by atoms with E-state index in [9.17, 15) is 10.4 Å². The van der Waals surface area contributed by atoms with Gasteiger partial charge in [-0.15, -0.1) is 11.3 Å². The molecule has 0 radical (unpaired) electrons. The summed E-state index contributed by atoms with van der Waals surface area (Å²) in [5.74, 6) is -0.0187. The molecule has 47 heavy (non-hydrogen) atoms. The number of piperazine rings is 1. The summed E-state index contributed by atoms with van der Waals surface area (Å²) in [4.78, 5) is 23.6. The fourth-order valence-corrected chi connectivity index (χ4v) is 9.09. The van der Waals surface area contributed by atoms with Crippen LogP contribution in [-0.4, -0.2) is 101 Å². The number of aliphatic hydroxyl groups excluding tert-OH is 1. The second-order valence-corrected chi connectivity index (χ2v) is 14.6. The van der Waals surface area contributed by atoms with E-state index in [2.05, 4.69) is 44.7 Å². The van der Waals surface area contributed by atoms with Gasteiger partial charge in [0, 0.05) is 61.8 Å². The second-order valence-electron chi connectivity index (χ2n) is 13.5. The Labute approximate surface area is 275 Å². The number of hydrogen-bond acceptors (Lipinski definition) is 12. The molecule has 246 valence electrons. The first kappa shape index (κ1) is 30.6. The fraction of sp³-hybridized carbons (Fsp3) is 0.515. The van der Waals surface area contributed by atoms with Crippen molar-refractivity contribution in [1.29, 1.82) is 5.26 Å². The first-order chi connectivity index (χ1) is 22.6. The van der Waals surface area contributed by atoms with Gasteiger partial charge in [0.05, 0.1) is 46.9 Å². The topological polar surface area (TPSA) is 131 Å². The summed E-state index contributed by atoms with van der Waals surface area (Å²) in [6.07, 6.45) is 3.52. The number of nitrogens with two attached hydrogens (primary N) is 1. The molecule has 3 aromatic heterocycles. The quantitative estimate of drug-likeness (QED) is 0.313. The molecule has 0 saturated carbocycles. The Hall–Kier alpha value is -3.74. The fourth-order valence-electron chi connectivity index (χ4n) is 8.17. The van der Waals surface area contributed by atoms with E-state index in [0.717, 1.165) is 68.5 Å². The Balaban J connectivity index is 1.37. The molecular formula is C33H37F2N9O2S. The summed E-state index contributed by atoms with van der Waals surface area (Å²) in [5, 5.41) is 21.1. The van der Waals surface area contributed by atoms with Crippen molar-refractivity contribution < 1.29 is 18.6 Å². The molecule has 2 unspecified atom stereocenters. The number of aromatic nitrogens is 3. The molecule has 4 aliphatic heterocycles. The van der Waals surface area contributed by atoms with E-state index in [0.29, 0.717) is 35.3 Å². The monoisotopic (exact) mass is 661 g/mol. The minimum absolute atomic E-state index is 0.0849. The summed E-state index contributed by atoms with van der Waals surface area (Å²) in [7, 11) is 4.12. The maximum atomic E-state index is 17.4. The average Bonchev–Trinajstić information content (AvgIpc) is 3.83. The molecule has 0 amide bonds. The number of nitriles is 1. The van der Waals surface area contributed by atoms with E-state index in [-0.39, 0.29) is 62.7 Å². The lowest BCUT2D eigenvalue weighted by Crippen LogP contribution is -2.55. The summed E-state index contributed by atoms with van der Waals surface area (Å²) in [6.45, 7) is 5.80. The zero-order chi connectivity index (χ0) is 32.7. The zero-order valence-electron chi connectivity index (χ0n) is 26.6. The minimum Gasteiger partial charge on any atom is -0.392 e. The van der Waals surface area contributed by atoms with Crippen LogP contribution in [-0.2, 0) is 18.0 Å². The van der Waals surface area contributed by atoms with Gasteiger partial charge in [-0.2, -0.15) is 10.2 Å². The Kier molecular flexibility index (Phi) is 7.45. The number of aliphatic hydroxyl groups is 1. The summed E-state index contributed by atoms with van der Waals surface area (Å²) >= 11 is 0.960. The van der Waals surface area contributed by atoms with E-state index in [1.54, 1.807) is 0 Å². The van der Waals surface area contributed by atoms with Crippen molar-refractivity contribution in [3.8, 4) is 17.3 Å². The van der Waals surface area contributed by atoms with Crippen LogP contribution in [0.2, 0.25) is 0 Å². The van der Waals surface area contributed by atoms with E-state index in [1.807, 2.05) is 6.92 Å². The number of pyridine rings is 1. The lowest BCUT2D eigenvalue weighted by Gasteiger charge is -2.42. The van der Waals surface area contributed by atoms with E-state index >= 15 is 8.78 Å². The number of thiophene rings is 1. The van der Waals surface area contributed by atoms with Gasteiger partial charge >= 0.3 is 0 Å². The first-order valence-corrected chi connectivity index (χ1v) is 17.0. The van der Waals surface area contributed by atoms with Crippen LogP contribution in [0.15, 0.2) is 6.20 Å². The number of likely N-dealkylation sites (N-methyl/N-ethyl adjacent to an activating group) is 1. The van der Waals surface area contributed by atoms with E-state index in [1.165, 1.54) is 0 Å². The molecule has 3 N–H and O–H groups in total. The molecule has 3 saturated heterocycles. The standard InChI is InChI=1S/C33H37F2N9O2S/c1-16(45)10-42-11-18-4-5-19(12-42)44(18)32-26-22-15-46-14-21(22)24(28-25-20(8-36)31(37)47-30(25)23(34)9-38-28)27(35)29(26)39-33(40-32)43-7-6-17(13-43)41(2)3/h9,16-19,45H,4-7,10-15,37H2,1-3H3/t16-,17+,18?,19?/m1/s1. The minimum atomic E-state index is -0.613. The van der Waals surface area contributed by atoms with Crippen molar-refractivity contribution in [1.82, 2.24) is 24.8 Å². The van der Waals surface area contributed by atoms with Crippen LogP contribution >= 0.6 is 11.3 Å². The smallest absolute Gasteiger partial charge is 0.228 e. The van der Waals surface area contributed by atoms with Crippen LogP contribution in [0.1, 0.15) is 42.9 Å². The molecule has 0 aliphatic carbocycles. The molecule has 4 aromatic rings. The number of nitrogen functional groups attached to an aromatic ring is 1. The molecule has 4 atom stereocenters. The lowest BCUT2D eigenvalue weighted by molar-refractivity contribution is 0.111. The molecule has 14 heteroatoms. The number of nitrogens with zero attached hydrogens (tertiary/aromatic N) is 8. The molecule has 3 fully saturated rings. The molecule has 11 nitrogen and oxygen atoms in total. The van der Waals surface area contributed by atoms with Crippen LogP contribution in [0.25, 0.3) is 32.2 Å². The van der Waals surface area contributed by atoms with E-state index in [4.69, 9.17) is 20.4 Å². The molecule has 1 aromatic carbocycles. The van der Waals surface area contributed by atoms with Gasteiger partial charge in [-0.05, 0) is 51.4 Å². The van der Waals surface area contributed by atoms with Crippen molar-refractivity contribution in [3.05, 3.63) is 34.5 Å². The van der Waals surface area contributed by atoms with Crippen molar-refractivity contribution in [2.24, 2.45) is 0 Å². The number of likely N-dealkylation sites (tertiary alicyclic amines) is 1. The summed E-state index contributed by atoms with van der Waals surface area (Å²) < 4.78 is 38.6. The maximum absolute atomic E-state index is 17.4. The van der Waals surface area contributed by atoms with Crippen molar-refractivity contribution >= 4 is 49.1 Å². The third-order valence-electron chi connectivity index (χ3n) is 10.3. The van der Waals surface area contributed by atoms with Crippen LogP contribution in [0, 0.1) is 23.0 Å². The number of fused-ring (bicyclic) bond motifs is 6. The average molecular weight is 662 g/mol. The SMILES string of the molecule is C[C@@H](O)CN1CC2CCC(C1)N2c1nc(N2CC[C@H](N(C)C)C2)nc2c(F)c(-c3ncc(F)c4sc(N)c(C#N)c34)c3c(c12)COC3. The number of benzene rings is 1. The van der Waals surface area contributed by atoms with E-state index < -0.39 is 17.7 Å². The number of hydrogen-bond donors (Lipinski definition) is 2. The molecule has 7 heterocycles.